The Morgan fingerprint density at radius 3 is 2.60 bits per heavy atom. The quantitative estimate of drug-likeness (QED) is 0.820. The molecule has 0 amide bonds. The van der Waals surface area contributed by atoms with Crippen LogP contribution < -0.4 is 5.32 Å². The summed E-state index contributed by atoms with van der Waals surface area (Å²) < 4.78 is 1.94. The highest BCUT2D eigenvalue weighted by Gasteiger charge is 2.29. The number of hydrogen-bond donors (Lipinski definition) is 1. The van der Waals surface area contributed by atoms with E-state index in [0.717, 1.165) is 5.92 Å². The van der Waals surface area contributed by atoms with Gasteiger partial charge in [0.05, 0.1) is 6.20 Å². The fourth-order valence-electron chi connectivity index (χ4n) is 2.16. The van der Waals surface area contributed by atoms with Crippen LogP contribution in [-0.2, 0) is 7.05 Å². The maximum atomic E-state index is 4.28. The van der Waals surface area contributed by atoms with E-state index in [0.29, 0.717) is 12.1 Å². The number of aryl methyl sites for hydroxylation is 1. The lowest BCUT2D eigenvalue weighted by Crippen LogP contribution is -2.30. The van der Waals surface area contributed by atoms with Crippen molar-refractivity contribution < 1.29 is 0 Å². The van der Waals surface area contributed by atoms with Gasteiger partial charge < -0.3 is 5.32 Å². The first-order chi connectivity index (χ1) is 7.09. The van der Waals surface area contributed by atoms with Crippen molar-refractivity contribution in [2.75, 3.05) is 0 Å². The lowest BCUT2D eigenvalue weighted by Gasteiger charge is -2.19. The van der Waals surface area contributed by atoms with Crippen molar-refractivity contribution in [3.8, 4) is 0 Å². The normalized spacial score (nSPS) is 20.3. The molecule has 0 aromatic carbocycles. The molecule has 1 aliphatic carbocycles. The van der Waals surface area contributed by atoms with Gasteiger partial charge in [-0.05, 0) is 39.5 Å². The van der Waals surface area contributed by atoms with E-state index >= 15 is 0 Å². The van der Waals surface area contributed by atoms with E-state index in [1.807, 2.05) is 17.9 Å². The summed E-state index contributed by atoms with van der Waals surface area (Å²) in [6.07, 6.45) is 4.77. The molecule has 3 nitrogen and oxygen atoms in total. The molecule has 1 N–H and O–H groups in total. The summed E-state index contributed by atoms with van der Waals surface area (Å²) in [5.41, 5.74) is 2.59. The SMILES string of the molecule is Cc1c(C(C)NC(C)C2CC2)cnn1C. The molecule has 1 aromatic heterocycles. The van der Waals surface area contributed by atoms with Gasteiger partial charge in [0.15, 0.2) is 0 Å². The van der Waals surface area contributed by atoms with Crippen LogP contribution in [0.1, 0.15) is 44.0 Å². The monoisotopic (exact) mass is 207 g/mol. The predicted octanol–water partition coefficient (Wildman–Crippen LogP) is 2.18. The van der Waals surface area contributed by atoms with E-state index in [4.69, 9.17) is 0 Å². The van der Waals surface area contributed by atoms with Gasteiger partial charge in [-0.3, -0.25) is 4.68 Å². The average Bonchev–Trinajstić information content (AvgIpc) is 2.96. The Balaban J connectivity index is 2.00. The van der Waals surface area contributed by atoms with Gasteiger partial charge in [-0.1, -0.05) is 0 Å². The minimum absolute atomic E-state index is 0.411. The Morgan fingerprint density at radius 1 is 1.47 bits per heavy atom. The van der Waals surface area contributed by atoms with Crippen molar-refractivity contribution in [2.24, 2.45) is 13.0 Å². The Kier molecular flexibility index (Phi) is 2.83. The van der Waals surface area contributed by atoms with Gasteiger partial charge >= 0.3 is 0 Å². The fraction of sp³-hybridized carbons (Fsp3) is 0.750. The highest BCUT2D eigenvalue weighted by Crippen LogP contribution is 2.33. The Morgan fingerprint density at radius 2 is 2.13 bits per heavy atom. The minimum atomic E-state index is 0.411. The molecule has 84 valence electrons. The number of nitrogens with one attached hydrogen (secondary N) is 1. The summed E-state index contributed by atoms with van der Waals surface area (Å²) in [4.78, 5) is 0. The zero-order chi connectivity index (χ0) is 11.0. The second-order valence-corrected chi connectivity index (χ2v) is 4.82. The molecule has 15 heavy (non-hydrogen) atoms. The first kappa shape index (κ1) is 10.7. The molecular weight excluding hydrogens is 186 g/mol. The van der Waals surface area contributed by atoms with Crippen LogP contribution in [0.2, 0.25) is 0 Å². The molecule has 1 aromatic rings. The first-order valence-corrected chi connectivity index (χ1v) is 5.84. The summed E-state index contributed by atoms with van der Waals surface area (Å²) in [6.45, 7) is 6.64. The van der Waals surface area contributed by atoms with Crippen molar-refractivity contribution in [3.05, 3.63) is 17.5 Å². The molecular formula is C12H21N3. The average molecular weight is 207 g/mol. The summed E-state index contributed by atoms with van der Waals surface area (Å²) >= 11 is 0. The fourth-order valence-corrected chi connectivity index (χ4v) is 2.16. The summed E-state index contributed by atoms with van der Waals surface area (Å²) in [7, 11) is 2.00. The molecule has 1 saturated carbocycles. The van der Waals surface area contributed by atoms with Crippen molar-refractivity contribution in [1.29, 1.82) is 0 Å². The molecule has 2 rings (SSSR count). The Labute approximate surface area is 91.9 Å². The van der Waals surface area contributed by atoms with Crippen LogP contribution in [0, 0.1) is 12.8 Å². The highest BCUT2D eigenvalue weighted by molar-refractivity contribution is 5.19. The second-order valence-electron chi connectivity index (χ2n) is 4.82. The van der Waals surface area contributed by atoms with Gasteiger partial charge in [0.2, 0.25) is 0 Å². The number of nitrogens with zero attached hydrogens (tertiary/aromatic N) is 2. The smallest absolute Gasteiger partial charge is 0.0540 e. The molecule has 0 bridgehead atoms. The number of aromatic nitrogens is 2. The standard InChI is InChI=1S/C12H21N3/c1-8(11-5-6-11)14-9(2)12-7-13-15(4)10(12)3/h7-9,11,14H,5-6H2,1-4H3. The summed E-state index contributed by atoms with van der Waals surface area (Å²) in [5.74, 6) is 0.907. The van der Waals surface area contributed by atoms with Crippen LogP contribution in [0.3, 0.4) is 0 Å². The molecule has 0 spiro atoms. The summed E-state index contributed by atoms with van der Waals surface area (Å²) in [5, 5.41) is 7.94. The van der Waals surface area contributed by atoms with E-state index in [1.54, 1.807) is 0 Å². The third kappa shape index (κ3) is 2.23. The topological polar surface area (TPSA) is 29.9 Å². The van der Waals surface area contributed by atoms with Crippen LogP contribution in [0.15, 0.2) is 6.20 Å². The first-order valence-electron chi connectivity index (χ1n) is 5.84. The van der Waals surface area contributed by atoms with Crippen LogP contribution in [0.4, 0.5) is 0 Å². The van der Waals surface area contributed by atoms with Crippen molar-refractivity contribution >= 4 is 0 Å². The lowest BCUT2D eigenvalue weighted by molar-refractivity contribution is 0.440. The van der Waals surface area contributed by atoms with Gasteiger partial charge in [0.1, 0.15) is 0 Å². The van der Waals surface area contributed by atoms with E-state index in [2.05, 4.69) is 31.2 Å². The van der Waals surface area contributed by atoms with Crippen molar-refractivity contribution in [3.63, 3.8) is 0 Å². The molecule has 0 aliphatic heterocycles. The molecule has 1 aliphatic rings. The van der Waals surface area contributed by atoms with E-state index < -0.39 is 0 Å². The zero-order valence-electron chi connectivity index (χ0n) is 10.1. The van der Waals surface area contributed by atoms with Gasteiger partial charge in [-0.2, -0.15) is 5.10 Å². The Bertz CT molecular complexity index is 339. The van der Waals surface area contributed by atoms with E-state index in [1.165, 1.54) is 24.1 Å². The van der Waals surface area contributed by atoms with Crippen LogP contribution in [0.25, 0.3) is 0 Å². The Hall–Kier alpha value is -0.830. The molecule has 1 fully saturated rings. The maximum Gasteiger partial charge on any atom is 0.0540 e. The van der Waals surface area contributed by atoms with Gasteiger partial charge in [0, 0.05) is 30.4 Å². The third-order valence-electron chi connectivity index (χ3n) is 3.58. The molecule has 2 atom stereocenters. The van der Waals surface area contributed by atoms with Crippen LogP contribution in [-0.4, -0.2) is 15.8 Å². The molecule has 0 radical (unpaired) electrons. The molecule has 3 heteroatoms. The molecule has 2 unspecified atom stereocenters. The maximum absolute atomic E-state index is 4.28. The number of rotatable bonds is 4. The highest BCUT2D eigenvalue weighted by atomic mass is 15.3. The van der Waals surface area contributed by atoms with Gasteiger partial charge in [-0.15, -0.1) is 0 Å². The summed E-state index contributed by atoms with van der Waals surface area (Å²) in [6, 6.07) is 1.05. The largest absolute Gasteiger partial charge is 0.307 e. The molecule has 0 saturated heterocycles. The zero-order valence-corrected chi connectivity index (χ0v) is 10.1. The lowest BCUT2D eigenvalue weighted by atomic mass is 10.1. The van der Waals surface area contributed by atoms with E-state index in [-0.39, 0.29) is 0 Å². The van der Waals surface area contributed by atoms with Gasteiger partial charge in [-0.25, -0.2) is 0 Å². The van der Waals surface area contributed by atoms with Crippen molar-refractivity contribution in [1.82, 2.24) is 15.1 Å². The van der Waals surface area contributed by atoms with Gasteiger partial charge in [0.25, 0.3) is 0 Å². The van der Waals surface area contributed by atoms with Crippen LogP contribution in [0.5, 0.6) is 0 Å². The number of hydrogen-bond acceptors (Lipinski definition) is 2. The minimum Gasteiger partial charge on any atom is -0.307 e. The van der Waals surface area contributed by atoms with Crippen molar-refractivity contribution in [2.45, 2.75) is 45.7 Å². The van der Waals surface area contributed by atoms with Crippen LogP contribution >= 0.6 is 0 Å². The third-order valence-corrected chi connectivity index (χ3v) is 3.58. The second kappa shape index (κ2) is 3.97. The van der Waals surface area contributed by atoms with E-state index in [9.17, 15) is 0 Å². The molecule has 1 heterocycles. The predicted molar refractivity (Wildman–Crippen MR) is 61.7 cm³/mol.